The van der Waals surface area contributed by atoms with Crippen molar-refractivity contribution in [1.29, 1.82) is 0 Å². The van der Waals surface area contributed by atoms with Crippen molar-refractivity contribution in [2.45, 2.75) is 20.0 Å². The number of nitrogens with one attached hydrogen (secondary N) is 2. The number of H-pyrrole nitrogens is 1. The van der Waals surface area contributed by atoms with Crippen LogP contribution in [-0.4, -0.2) is 22.2 Å². The van der Waals surface area contributed by atoms with Gasteiger partial charge < -0.3 is 10.1 Å². The maximum absolute atomic E-state index is 11.9. The van der Waals surface area contributed by atoms with Gasteiger partial charge in [0.1, 0.15) is 5.75 Å². The maximum atomic E-state index is 11.9. The second-order valence-corrected chi connectivity index (χ2v) is 4.58. The van der Waals surface area contributed by atoms with Gasteiger partial charge in [-0.1, -0.05) is 11.6 Å². The van der Waals surface area contributed by atoms with Crippen molar-refractivity contribution in [3.05, 3.63) is 41.2 Å². The highest BCUT2D eigenvalue weighted by atomic mass is 35.5. The van der Waals surface area contributed by atoms with Crippen LogP contribution in [0.15, 0.2) is 30.6 Å². The zero-order chi connectivity index (χ0) is 13.8. The van der Waals surface area contributed by atoms with E-state index >= 15 is 0 Å². The number of carbonyl (C=O) groups is 1. The molecule has 100 valence electrons. The standard InChI is InChI=1S/C13H14ClN3O2/c1-8-5-10(14)3-4-12(8)19-9(2)13(18)17-11-6-15-16-7-11/h3-7,9H,1-2H3,(H,15,16)(H,17,18). The number of benzene rings is 1. The first-order chi connectivity index (χ1) is 9.06. The normalized spacial score (nSPS) is 11.9. The van der Waals surface area contributed by atoms with E-state index in [9.17, 15) is 4.79 Å². The molecule has 0 spiro atoms. The van der Waals surface area contributed by atoms with Crippen molar-refractivity contribution in [3.8, 4) is 5.75 Å². The van der Waals surface area contributed by atoms with Crippen LogP contribution >= 0.6 is 11.6 Å². The summed E-state index contributed by atoms with van der Waals surface area (Å²) >= 11 is 5.87. The van der Waals surface area contributed by atoms with E-state index in [1.807, 2.05) is 6.92 Å². The van der Waals surface area contributed by atoms with Crippen LogP contribution in [0.25, 0.3) is 0 Å². The van der Waals surface area contributed by atoms with Gasteiger partial charge in [-0.2, -0.15) is 5.10 Å². The van der Waals surface area contributed by atoms with Gasteiger partial charge in [0.05, 0.1) is 11.9 Å². The Kier molecular flexibility index (Phi) is 4.06. The fraction of sp³-hybridized carbons (Fsp3) is 0.231. The molecule has 0 saturated carbocycles. The SMILES string of the molecule is Cc1cc(Cl)ccc1OC(C)C(=O)Nc1cn[nH]c1. The number of aromatic nitrogens is 2. The summed E-state index contributed by atoms with van der Waals surface area (Å²) in [6, 6.07) is 5.27. The Bertz CT molecular complexity index is 569. The van der Waals surface area contributed by atoms with Crippen LogP contribution in [0.3, 0.4) is 0 Å². The summed E-state index contributed by atoms with van der Waals surface area (Å²) in [6.45, 7) is 3.56. The van der Waals surface area contributed by atoms with Gasteiger partial charge in [-0.3, -0.25) is 9.89 Å². The Morgan fingerprint density at radius 1 is 1.53 bits per heavy atom. The predicted octanol–water partition coefficient (Wildman–Crippen LogP) is 2.78. The Labute approximate surface area is 115 Å². The van der Waals surface area contributed by atoms with Crippen LogP contribution in [0.2, 0.25) is 5.02 Å². The summed E-state index contributed by atoms with van der Waals surface area (Å²) in [5, 5.41) is 9.69. The van der Waals surface area contributed by atoms with E-state index in [1.165, 1.54) is 6.20 Å². The minimum absolute atomic E-state index is 0.240. The van der Waals surface area contributed by atoms with Gasteiger partial charge in [-0.25, -0.2) is 0 Å². The van der Waals surface area contributed by atoms with E-state index in [-0.39, 0.29) is 5.91 Å². The highest BCUT2D eigenvalue weighted by Crippen LogP contribution is 2.23. The average molecular weight is 280 g/mol. The van der Waals surface area contributed by atoms with Crippen molar-refractivity contribution in [1.82, 2.24) is 10.2 Å². The number of ether oxygens (including phenoxy) is 1. The molecule has 6 heteroatoms. The number of rotatable bonds is 4. The molecule has 1 aromatic heterocycles. The predicted molar refractivity (Wildman–Crippen MR) is 73.5 cm³/mol. The molecule has 2 N–H and O–H groups in total. The molecule has 1 aromatic carbocycles. The number of amides is 1. The van der Waals surface area contributed by atoms with E-state index < -0.39 is 6.10 Å². The highest BCUT2D eigenvalue weighted by molar-refractivity contribution is 6.30. The maximum Gasteiger partial charge on any atom is 0.265 e. The molecule has 0 aliphatic rings. The van der Waals surface area contributed by atoms with Crippen LogP contribution in [0.1, 0.15) is 12.5 Å². The molecule has 0 fully saturated rings. The Morgan fingerprint density at radius 2 is 2.32 bits per heavy atom. The number of aromatic amines is 1. The van der Waals surface area contributed by atoms with Crippen LogP contribution in [0.4, 0.5) is 5.69 Å². The molecule has 2 aromatic rings. The zero-order valence-corrected chi connectivity index (χ0v) is 11.4. The first-order valence-electron chi connectivity index (χ1n) is 5.78. The van der Waals surface area contributed by atoms with Gasteiger partial charge in [0.2, 0.25) is 0 Å². The van der Waals surface area contributed by atoms with Crippen molar-refractivity contribution < 1.29 is 9.53 Å². The second kappa shape index (κ2) is 5.75. The molecule has 1 unspecified atom stereocenters. The number of aryl methyl sites for hydroxylation is 1. The number of nitrogens with zero attached hydrogens (tertiary/aromatic N) is 1. The van der Waals surface area contributed by atoms with Gasteiger partial charge in [-0.05, 0) is 37.6 Å². The van der Waals surface area contributed by atoms with Gasteiger partial charge in [-0.15, -0.1) is 0 Å². The van der Waals surface area contributed by atoms with Crippen LogP contribution < -0.4 is 10.1 Å². The summed E-state index contributed by atoms with van der Waals surface area (Å²) < 4.78 is 5.61. The van der Waals surface area contributed by atoms with Gasteiger partial charge >= 0.3 is 0 Å². The van der Waals surface area contributed by atoms with Crippen LogP contribution in [-0.2, 0) is 4.79 Å². The lowest BCUT2D eigenvalue weighted by atomic mass is 10.2. The largest absolute Gasteiger partial charge is 0.481 e. The molecule has 1 amide bonds. The Morgan fingerprint density at radius 3 is 2.95 bits per heavy atom. The number of halogens is 1. The third-order valence-electron chi connectivity index (χ3n) is 2.58. The molecule has 1 heterocycles. The topological polar surface area (TPSA) is 67.0 Å². The minimum Gasteiger partial charge on any atom is -0.481 e. The molecule has 0 radical (unpaired) electrons. The summed E-state index contributed by atoms with van der Waals surface area (Å²) in [5.41, 5.74) is 1.49. The number of hydrogen-bond acceptors (Lipinski definition) is 3. The summed E-state index contributed by atoms with van der Waals surface area (Å²) in [7, 11) is 0. The van der Waals surface area contributed by atoms with Crippen LogP contribution in [0, 0.1) is 6.92 Å². The third kappa shape index (κ3) is 3.48. The number of carbonyl (C=O) groups excluding carboxylic acids is 1. The average Bonchev–Trinajstić information content (AvgIpc) is 2.85. The van der Waals surface area contributed by atoms with E-state index in [1.54, 1.807) is 31.3 Å². The first-order valence-corrected chi connectivity index (χ1v) is 6.16. The molecular formula is C13H14ClN3O2. The second-order valence-electron chi connectivity index (χ2n) is 4.15. The minimum atomic E-state index is -0.616. The van der Waals surface area contributed by atoms with Crippen molar-refractivity contribution in [3.63, 3.8) is 0 Å². The Balaban J connectivity index is 2.00. The molecular weight excluding hydrogens is 266 g/mol. The monoisotopic (exact) mass is 279 g/mol. The molecule has 2 rings (SSSR count). The lowest BCUT2D eigenvalue weighted by Gasteiger charge is -2.15. The lowest BCUT2D eigenvalue weighted by molar-refractivity contribution is -0.122. The summed E-state index contributed by atoms with van der Waals surface area (Å²) in [5.74, 6) is 0.398. The van der Waals surface area contributed by atoms with E-state index in [4.69, 9.17) is 16.3 Å². The molecule has 0 saturated heterocycles. The smallest absolute Gasteiger partial charge is 0.265 e. The van der Waals surface area contributed by atoms with Crippen molar-refractivity contribution in [2.24, 2.45) is 0 Å². The molecule has 0 bridgehead atoms. The zero-order valence-electron chi connectivity index (χ0n) is 10.6. The molecule has 5 nitrogen and oxygen atoms in total. The third-order valence-corrected chi connectivity index (χ3v) is 2.81. The first kappa shape index (κ1) is 13.4. The highest BCUT2D eigenvalue weighted by Gasteiger charge is 2.16. The molecule has 0 aliphatic heterocycles. The van der Waals surface area contributed by atoms with Crippen molar-refractivity contribution in [2.75, 3.05) is 5.32 Å². The van der Waals surface area contributed by atoms with Crippen molar-refractivity contribution >= 4 is 23.2 Å². The molecule has 0 aliphatic carbocycles. The van der Waals surface area contributed by atoms with E-state index in [0.717, 1.165) is 5.56 Å². The summed E-state index contributed by atoms with van der Waals surface area (Å²) in [6.07, 6.45) is 2.51. The van der Waals surface area contributed by atoms with E-state index in [0.29, 0.717) is 16.5 Å². The molecule has 1 atom stereocenters. The fourth-order valence-electron chi connectivity index (χ4n) is 1.55. The summed E-state index contributed by atoms with van der Waals surface area (Å²) in [4.78, 5) is 11.9. The van der Waals surface area contributed by atoms with Gasteiger partial charge in [0.25, 0.3) is 5.91 Å². The fourth-order valence-corrected chi connectivity index (χ4v) is 1.78. The van der Waals surface area contributed by atoms with Crippen LogP contribution in [0.5, 0.6) is 5.75 Å². The van der Waals surface area contributed by atoms with Gasteiger partial charge in [0, 0.05) is 11.2 Å². The number of hydrogen-bond donors (Lipinski definition) is 2. The molecule has 19 heavy (non-hydrogen) atoms. The van der Waals surface area contributed by atoms with E-state index in [2.05, 4.69) is 15.5 Å². The Hall–Kier alpha value is -2.01. The quantitative estimate of drug-likeness (QED) is 0.904. The number of anilines is 1. The van der Waals surface area contributed by atoms with Gasteiger partial charge in [0.15, 0.2) is 6.10 Å². The lowest BCUT2D eigenvalue weighted by Crippen LogP contribution is -2.30.